The van der Waals surface area contributed by atoms with E-state index in [2.05, 4.69) is 57.8 Å². The van der Waals surface area contributed by atoms with Gasteiger partial charge in [-0.05, 0) is 58.3 Å². The minimum Gasteiger partial charge on any atom is -0.334 e. The molecule has 1 unspecified atom stereocenters. The molecule has 3 aromatic carbocycles. The number of hydrogen-bond acceptors (Lipinski definition) is 5. The summed E-state index contributed by atoms with van der Waals surface area (Å²) in [5.41, 5.74) is 15.4. The van der Waals surface area contributed by atoms with Crippen LogP contribution in [0.25, 0.3) is 38.9 Å². The predicted octanol–water partition coefficient (Wildman–Crippen LogP) is 5.35. The Morgan fingerprint density at radius 3 is 2.49 bits per heavy atom. The molecule has 6 aromatic rings. The van der Waals surface area contributed by atoms with Crippen LogP contribution in [0.2, 0.25) is 5.02 Å². The van der Waals surface area contributed by atoms with Crippen molar-refractivity contribution < 1.29 is 0 Å². The van der Waals surface area contributed by atoms with E-state index in [4.69, 9.17) is 17.3 Å². The van der Waals surface area contributed by atoms with Crippen LogP contribution in [0.3, 0.4) is 0 Å². The highest BCUT2D eigenvalue weighted by Crippen LogP contribution is 2.41. The fourth-order valence-electron chi connectivity index (χ4n) is 4.69. The van der Waals surface area contributed by atoms with Crippen molar-refractivity contribution in [2.24, 2.45) is 12.8 Å². The van der Waals surface area contributed by atoms with Gasteiger partial charge in [0.15, 0.2) is 5.65 Å². The fraction of sp³-hybridized carbons (Fsp3) is 0.111. The first kappa shape index (κ1) is 21.5. The van der Waals surface area contributed by atoms with E-state index >= 15 is 0 Å². The molecule has 8 heteroatoms. The summed E-state index contributed by atoms with van der Waals surface area (Å²) < 4.78 is 3.77. The Morgan fingerprint density at radius 2 is 1.74 bits per heavy atom. The van der Waals surface area contributed by atoms with Crippen molar-refractivity contribution in [1.82, 2.24) is 29.6 Å². The molecule has 172 valence electrons. The van der Waals surface area contributed by atoms with Gasteiger partial charge in [-0.1, -0.05) is 59.6 Å². The Balaban J connectivity index is 1.71. The molecule has 7 nitrogen and oxygen atoms in total. The molecule has 0 aliphatic carbocycles. The molecular weight excluding hydrogens is 458 g/mol. The molecule has 0 aliphatic heterocycles. The molecular formula is C27H22ClN7. The van der Waals surface area contributed by atoms with Gasteiger partial charge in [0.25, 0.3) is 0 Å². The van der Waals surface area contributed by atoms with Crippen molar-refractivity contribution in [3.8, 4) is 22.4 Å². The number of aryl methyl sites for hydroxylation is 2. The normalized spacial score (nSPS) is 12.5. The molecule has 0 saturated heterocycles. The Kier molecular flexibility index (Phi) is 5.09. The SMILES string of the molecule is Cc1cccc(-c2c(-c3cncn3C)c3nnnn3c3ccc(C(N)c4ccc(Cl)cc4)cc23)c1. The minimum absolute atomic E-state index is 0.313. The van der Waals surface area contributed by atoms with E-state index in [-0.39, 0.29) is 6.04 Å². The highest BCUT2D eigenvalue weighted by molar-refractivity contribution is 6.30. The molecule has 0 bridgehead atoms. The van der Waals surface area contributed by atoms with Gasteiger partial charge >= 0.3 is 0 Å². The molecule has 3 aromatic heterocycles. The lowest BCUT2D eigenvalue weighted by Crippen LogP contribution is -2.12. The second-order valence-corrected chi connectivity index (χ2v) is 9.17. The maximum atomic E-state index is 6.72. The van der Waals surface area contributed by atoms with Gasteiger partial charge in [0.1, 0.15) is 0 Å². The maximum Gasteiger partial charge on any atom is 0.189 e. The van der Waals surface area contributed by atoms with E-state index in [9.17, 15) is 0 Å². The number of imidazole rings is 1. The number of nitrogens with zero attached hydrogens (tertiary/aromatic N) is 6. The van der Waals surface area contributed by atoms with Crippen molar-refractivity contribution >= 4 is 28.2 Å². The summed E-state index contributed by atoms with van der Waals surface area (Å²) in [7, 11) is 1.97. The van der Waals surface area contributed by atoms with Crippen LogP contribution in [0.1, 0.15) is 22.7 Å². The van der Waals surface area contributed by atoms with Crippen LogP contribution in [0.5, 0.6) is 0 Å². The van der Waals surface area contributed by atoms with Gasteiger partial charge in [0.2, 0.25) is 0 Å². The summed E-state index contributed by atoms with van der Waals surface area (Å²) in [6, 6.07) is 22.0. The monoisotopic (exact) mass is 479 g/mol. The standard InChI is InChI=1S/C27H22ClN7/c1-16-4-3-5-18(12-16)24-21-13-19(26(29)17-6-9-20(28)10-7-17)8-11-22(21)35-27(31-32-33-35)25(24)23-14-30-15-34(23)2/h3-15,26H,29H2,1-2H3. The number of halogens is 1. The van der Waals surface area contributed by atoms with Crippen LogP contribution in [0.4, 0.5) is 0 Å². The Labute approximate surface area is 206 Å². The molecule has 2 N–H and O–H groups in total. The number of tetrazole rings is 1. The van der Waals surface area contributed by atoms with Gasteiger partial charge in [-0.2, -0.15) is 4.52 Å². The third-order valence-electron chi connectivity index (χ3n) is 6.43. The molecule has 0 amide bonds. The van der Waals surface area contributed by atoms with Crippen LogP contribution < -0.4 is 5.73 Å². The van der Waals surface area contributed by atoms with Gasteiger partial charge in [-0.15, -0.1) is 5.10 Å². The van der Waals surface area contributed by atoms with Gasteiger partial charge in [0, 0.05) is 23.0 Å². The highest BCUT2D eigenvalue weighted by atomic mass is 35.5. The largest absolute Gasteiger partial charge is 0.334 e. The van der Waals surface area contributed by atoms with Crippen molar-refractivity contribution in [2.75, 3.05) is 0 Å². The Bertz CT molecular complexity index is 1700. The maximum absolute atomic E-state index is 6.72. The number of pyridine rings is 1. The third kappa shape index (κ3) is 3.56. The highest BCUT2D eigenvalue weighted by Gasteiger charge is 2.23. The summed E-state index contributed by atoms with van der Waals surface area (Å²) in [6.07, 6.45) is 3.63. The number of rotatable bonds is 4. The average Bonchev–Trinajstić information content (AvgIpc) is 3.52. The van der Waals surface area contributed by atoms with Crippen LogP contribution >= 0.6 is 11.6 Å². The average molecular weight is 480 g/mol. The lowest BCUT2D eigenvalue weighted by atomic mass is 9.91. The van der Waals surface area contributed by atoms with Gasteiger partial charge in [0.05, 0.1) is 35.3 Å². The van der Waals surface area contributed by atoms with Crippen LogP contribution in [0, 0.1) is 6.92 Å². The van der Waals surface area contributed by atoms with Crippen LogP contribution in [0.15, 0.2) is 79.3 Å². The topological polar surface area (TPSA) is 86.9 Å². The first-order valence-electron chi connectivity index (χ1n) is 11.2. The van der Waals surface area contributed by atoms with E-state index in [1.54, 1.807) is 10.8 Å². The molecule has 0 radical (unpaired) electrons. The molecule has 3 heterocycles. The Morgan fingerprint density at radius 1 is 0.943 bits per heavy atom. The van der Waals surface area contributed by atoms with Crippen molar-refractivity contribution in [2.45, 2.75) is 13.0 Å². The first-order valence-corrected chi connectivity index (χ1v) is 11.6. The van der Waals surface area contributed by atoms with E-state index < -0.39 is 0 Å². The molecule has 0 spiro atoms. The minimum atomic E-state index is -0.313. The fourth-order valence-corrected chi connectivity index (χ4v) is 4.81. The zero-order valence-corrected chi connectivity index (χ0v) is 20.0. The first-order chi connectivity index (χ1) is 17.0. The zero-order valence-electron chi connectivity index (χ0n) is 19.2. The van der Waals surface area contributed by atoms with Crippen molar-refractivity contribution in [3.63, 3.8) is 0 Å². The molecule has 0 fully saturated rings. The van der Waals surface area contributed by atoms with E-state index in [0.29, 0.717) is 10.7 Å². The second-order valence-electron chi connectivity index (χ2n) is 8.73. The van der Waals surface area contributed by atoms with Crippen molar-refractivity contribution in [1.29, 1.82) is 0 Å². The summed E-state index contributed by atoms with van der Waals surface area (Å²) in [5.74, 6) is 0. The summed E-state index contributed by atoms with van der Waals surface area (Å²) in [4.78, 5) is 4.37. The number of hydrogen-bond donors (Lipinski definition) is 1. The molecule has 0 aliphatic rings. The lowest BCUT2D eigenvalue weighted by Gasteiger charge is -2.18. The van der Waals surface area contributed by atoms with Crippen molar-refractivity contribution in [3.05, 3.63) is 101 Å². The quantitative estimate of drug-likeness (QED) is 0.368. The number of benzene rings is 3. The van der Waals surface area contributed by atoms with Crippen LogP contribution in [-0.4, -0.2) is 29.6 Å². The molecule has 1 atom stereocenters. The number of aromatic nitrogens is 6. The van der Waals surface area contributed by atoms with Gasteiger partial charge in [-0.3, -0.25) is 0 Å². The summed E-state index contributed by atoms with van der Waals surface area (Å²) >= 11 is 6.10. The summed E-state index contributed by atoms with van der Waals surface area (Å²) in [5, 5.41) is 14.4. The summed E-state index contributed by atoms with van der Waals surface area (Å²) in [6.45, 7) is 2.09. The third-order valence-corrected chi connectivity index (χ3v) is 6.68. The number of nitrogens with two attached hydrogens (primary N) is 1. The van der Waals surface area contributed by atoms with Crippen LogP contribution in [-0.2, 0) is 7.05 Å². The Hall–Kier alpha value is -4.07. The lowest BCUT2D eigenvalue weighted by molar-refractivity contribution is 0.840. The van der Waals surface area contributed by atoms with E-state index in [1.165, 1.54) is 5.56 Å². The predicted molar refractivity (Wildman–Crippen MR) is 138 cm³/mol. The zero-order chi connectivity index (χ0) is 24.1. The number of fused-ring (bicyclic) bond motifs is 3. The van der Waals surface area contributed by atoms with Gasteiger partial charge < -0.3 is 10.3 Å². The smallest absolute Gasteiger partial charge is 0.189 e. The molecule has 6 rings (SSSR count). The van der Waals surface area contributed by atoms with Gasteiger partial charge in [-0.25, -0.2) is 4.98 Å². The molecule has 0 saturated carbocycles. The van der Waals surface area contributed by atoms with E-state index in [0.717, 1.165) is 44.4 Å². The molecule has 35 heavy (non-hydrogen) atoms. The second kappa shape index (κ2) is 8.30. The van der Waals surface area contributed by atoms with E-state index in [1.807, 2.05) is 54.2 Å².